The highest BCUT2D eigenvalue weighted by atomic mass is 16.4. The number of aryl methyl sites for hydroxylation is 1. The van der Waals surface area contributed by atoms with Crippen LogP contribution in [0, 0.1) is 6.92 Å². The summed E-state index contributed by atoms with van der Waals surface area (Å²) in [6.07, 6.45) is 2.54. The van der Waals surface area contributed by atoms with Gasteiger partial charge in [-0.2, -0.15) is 5.10 Å². The lowest BCUT2D eigenvalue weighted by molar-refractivity contribution is -0.138. The highest BCUT2D eigenvalue weighted by Gasteiger charge is 2.22. The van der Waals surface area contributed by atoms with Crippen molar-refractivity contribution in [3.63, 3.8) is 0 Å². The summed E-state index contributed by atoms with van der Waals surface area (Å²) >= 11 is 0. The van der Waals surface area contributed by atoms with Crippen LogP contribution in [0.15, 0.2) is 42.6 Å². The minimum Gasteiger partial charge on any atom is -0.481 e. The van der Waals surface area contributed by atoms with E-state index in [0.717, 1.165) is 6.42 Å². The zero-order chi connectivity index (χ0) is 20.3. The van der Waals surface area contributed by atoms with E-state index in [4.69, 9.17) is 0 Å². The lowest BCUT2D eigenvalue weighted by atomic mass is 9.99. The van der Waals surface area contributed by atoms with Crippen LogP contribution in [0.3, 0.4) is 0 Å². The van der Waals surface area contributed by atoms with Crippen LogP contribution in [0.1, 0.15) is 53.8 Å². The Hall–Kier alpha value is -3.22. The van der Waals surface area contributed by atoms with Gasteiger partial charge in [0, 0.05) is 12.2 Å². The molecule has 2 atom stereocenters. The monoisotopic (exact) mass is 380 g/mol. The predicted octanol–water partition coefficient (Wildman–Crippen LogP) is 3.31. The Morgan fingerprint density at radius 1 is 1.25 bits per heavy atom. The smallest absolute Gasteiger partial charge is 0.312 e. The first kappa shape index (κ1) is 19.5. The summed E-state index contributed by atoms with van der Waals surface area (Å²) in [6.45, 7) is 5.94. The van der Waals surface area contributed by atoms with Crippen molar-refractivity contribution in [1.82, 2.24) is 20.1 Å². The van der Waals surface area contributed by atoms with Crippen molar-refractivity contribution in [1.29, 1.82) is 0 Å². The molecule has 1 aromatic carbocycles. The van der Waals surface area contributed by atoms with Crippen LogP contribution < -0.4 is 5.32 Å². The molecule has 2 aromatic heterocycles. The standard InChI is InChI=1S/C21H24N4O3/c1-4-14(3)25-19-18(12-23-25)16(10-13(2)24-19)20(26)22-11-17(21(27)28)15-8-6-5-7-9-15/h5-10,12,14,17H,4,11H2,1-3H3,(H,22,26)(H,27,28). The van der Waals surface area contributed by atoms with Gasteiger partial charge in [0.2, 0.25) is 0 Å². The molecule has 0 fully saturated rings. The molecule has 2 N–H and O–H groups in total. The number of benzene rings is 1. The largest absolute Gasteiger partial charge is 0.481 e. The zero-order valence-corrected chi connectivity index (χ0v) is 16.2. The van der Waals surface area contributed by atoms with Gasteiger partial charge >= 0.3 is 5.97 Å². The number of carboxylic acid groups (broad SMARTS) is 1. The Kier molecular flexibility index (Phi) is 5.73. The molecule has 0 bridgehead atoms. The summed E-state index contributed by atoms with van der Waals surface area (Å²) in [6, 6.07) is 10.8. The highest BCUT2D eigenvalue weighted by Crippen LogP contribution is 2.23. The molecule has 2 heterocycles. The molecule has 0 aliphatic carbocycles. The fourth-order valence-electron chi connectivity index (χ4n) is 3.15. The summed E-state index contributed by atoms with van der Waals surface area (Å²) in [7, 11) is 0. The van der Waals surface area contributed by atoms with Crippen molar-refractivity contribution < 1.29 is 14.7 Å². The summed E-state index contributed by atoms with van der Waals surface area (Å²) < 4.78 is 1.82. The molecule has 3 aromatic rings. The SMILES string of the molecule is CCC(C)n1ncc2c(C(=O)NCC(C(=O)O)c3ccccc3)cc(C)nc21. The van der Waals surface area contributed by atoms with E-state index in [1.54, 1.807) is 36.5 Å². The van der Waals surface area contributed by atoms with Gasteiger partial charge in [-0.3, -0.25) is 9.59 Å². The van der Waals surface area contributed by atoms with Gasteiger partial charge in [0.05, 0.1) is 29.1 Å². The first-order valence-corrected chi connectivity index (χ1v) is 9.33. The number of carbonyl (C=O) groups excluding carboxylic acids is 1. The van der Waals surface area contributed by atoms with Gasteiger partial charge in [0.15, 0.2) is 5.65 Å². The van der Waals surface area contributed by atoms with Crippen molar-refractivity contribution in [2.45, 2.75) is 39.2 Å². The van der Waals surface area contributed by atoms with Gasteiger partial charge in [-0.15, -0.1) is 0 Å². The Morgan fingerprint density at radius 3 is 2.61 bits per heavy atom. The number of hydrogen-bond acceptors (Lipinski definition) is 4. The number of pyridine rings is 1. The van der Waals surface area contributed by atoms with E-state index in [9.17, 15) is 14.7 Å². The van der Waals surface area contributed by atoms with Gasteiger partial charge in [0.25, 0.3) is 5.91 Å². The van der Waals surface area contributed by atoms with E-state index in [0.29, 0.717) is 27.9 Å². The number of carboxylic acids is 1. The molecule has 7 nitrogen and oxygen atoms in total. The number of aromatic nitrogens is 3. The Balaban J connectivity index is 1.87. The molecule has 1 amide bonds. The topological polar surface area (TPSA) is 97.1 Å². The van der Waals surface area contributed by atoms with Crippen molar-refractivity contribution in [3.05, 3.63) is 59.4 Å². The van der Waals surface area contributed by atoms with E-state index in [1.807, 2.05) is 24.6 Å². The molecule has 3 rings (SSSR count). The normalized spacial score (nSPS) is 13.2. The summed E-state index contributed by atoms with van der Waals surface area (Å²) in [5, 5.41) is 17.4. The lowest BCUT2D eigenvalue weighted by Crippen LogP contribution is -2.32. The number of aliphatic carboxylic acids is 1. The van der Waals surface area contributed by atoms with Crippen LogP contribution >= 0.6 is 0 Å². The van der Waals surface area contributed by atoms with Crippen LogP contribution in [-0.4, -0.2) is 38.3 Å². The van der Waals surface area contributed by atoms with Crippen LogP contribution in [0.25, 0.3) is 11.0 Å². The van der Waals surface area contributed by atoms with Gasteiger partial charge in [-0.05, 0) is 31.9 Å². The second-order valence-corrected chi connectivity index (χ2v) is 6.91. The predicted molar refractivity (Wildman–Crippen MR) is 106 cm³/mol. The van der Waals surface area contributed by atoms with E-state index >= 15 is 0 Å². The first-order chi connectivity index (χ1) is 13.4. The second kappa shape index (κ2) is 8.21. The third kappa shape index (κ3) is 3.88. The summed E-state index contributed by atoms with van der Waals surface area (Å²) in [5.41, 5.74) is 2.48. The van der Waals surface area contributed by atoms with Gasteiger partial charge in [-0.25, -0.2) is 9.67 Å². The molecule has 146 valence electrons. The lowest BCUT2D eigenvalue weighted by Gasteiger charge is -2.15. The number of rotatable bonds is 7. The van der Waals surface area contributed by atoms with Gasteiger partial charge in [0.1, 0.15) is 0 Å². The number of hydrogen-bond donors (Lipinski definition) is 2. The van der Waals surface area contributed by atoms with Gasteiger partial charge < -0.3 is 10.4 Å². The Bertz CT molecular complexity index is 998. The van der Waals surface area contributed by atoms with Gasteiger partial charge in [-0.1, -0.05) is 37.3 Å². The van der Waals surface area contributed by atoms with Crippen LogP contribution in [-0.2, 0) is 4.79 Å². The molecule has 28 heavy (non-hydrogen) atoms. The Labute approximate surface area is 163 Å². The first-order valence-electron chi connectivity index (χ1n) is 9.33. The highest BCUT2D eigenvalue weighted by molar-refractivity contribution is 6.05. The zero-order valence-electron chi connectivity index (χ0n) is 16.2. The van der Waals surface area contributed by atoms with Crippen molar-refractivity contribution in [2.75, 3.05) is 6.54 Å². The fraction of sp³-hybridized carbons (Fsp3) is 0.333. The number of carbonyl (C=O) groups is 2. The number of amides is 1. The van der Waals surface area contributed by atoms with Crippen LogP contribution in [0.2, 0.25) is 0 Å². The number of fused-ring (bicyclic) bond motifs is 1. The average Bonchev–Trinajstić information content (AvgIpc) is 3.11. The molecule has 2 unspecified atom stereocenters. The Morgan fingerprint density at radius 2 is 1.96 bits per heavy atom. The van der Waals surface area contributed by atoms with E-state index in [2.05, 4.69) is 22.3 Å². The molecule has 7 heteroatoms. The van der Waals surface area contributed by atoms with Crippen LogP contribution in [0.4, 0.5) is 0 Å². The molecule has 0 aliphatic heterocycles. The fourth-order valence-corrected chi connectivity index (χ4v) is 3.15. The van der Waals surface area contributed by atoms with E-state index < -0.39 is 11.9 Å². The maximum Gasteiger partial charge on any atom is 0.312 e. The van der Waals surface area contributed by atoms with Crippen LogP contribution in [0.5, 0.6) is 0 Å². The minimum absolute atomic E-state index is 0.000539. The molecule has 0 spiro atoms. The molecule has 0 saturated carbocycles. The average molecular weight is 380 g/mol. The molecule has 0 radical (unpaired) electrons. The molecular formula is C21H24N4O3. The maximum atomic E-state index is 12.8. The second-order valence-electron chi connectivity index (χ2n) is 6.91. The third-order valence-electron chi connectivity index (χ3n) is 4.91. The maximum absolute atomic E-state index is 12.8. The number of nitrogens with zero attached hydrogens (tertiary/aromatic N) is 3. The molecular weight excluding hydrogens is 356 g/mol. The van der Waals surface area contributed by atoms with Crippen molar-refractivity contribution in [3.8, 4) is 0 Å². The summed E-state index contributed by atoms with van der Waals surface area (Å²) in [5.74, 6) is -2.13. The van der Waals surface area contributed by atoms with E-state index in [1.165, 1.54) is 0 Å². The van der Waals surface area contributed by atoms with Crippen molar-refractivity contribution >= 4 is 22.9 Å². The van der Waals surface area contributed by atoms with E-state index in [-0.39, 0.29) is 18.5 Å². The third-order valence-corrected chi connectivity index (χ3v) is 4.91. The minimum atomic E-state index is -0.979. The molecule has 0 aliphatic rings. The van der Waals surface area contributed by atoms with Crippen molar-refractivity contribution in [2.24, 2.45) is 0 Å². The number of nitrogens with one attached hydrogen (secondary N) is 1. The summed E-state index contributed by atoms with van der Waals surface area (Å²) in [4.78, 5) is 29.0. The quantitative estimate of drug-likeness (QED) is 0.655. The molecule has 0 saturated heterocycles.